The number of benzene rings is 1. The summed E-state index contributed by atoms with van der Waals surface area (Å²) < 4.78 is 5.54. The Morgan fingerprint density at radius 3 is 2.50 bits per heavy atom. The highest BCUT2D eigenvalue weighted by Crippen LogP contribution is 2.26. The van der Waals surface area contributed by atoms with Crippen LogP contribution in [0.1, 0.15) is 49.4 Å². The zero-order valence-corrected chi connectivity index (χ0v) is 14.9. The normalized spacial score (nSPS) is 10.3. The van der Waals surface area contributed by atoms with Crippen molar-refractivity contribution in [3.8, 4) is 5.75 Å². The molecule has 0 unspecified atom stereocenters. The number of hydrogen-bond acceptors (Lipinski definition) is 4. The van der Waals surface area contributed by atoms with Crippen molar-refractivity contribution in [1.29, 1.82) is 0 Å². The van der Waals surface area contributed by atoms with E-state index >= 15 is 0 Å². The first-order valence-corrected chi connectivity index (χ1v) is 8.48. The first-order chi connectivity index (χ1) is 11.5. The Morgan fingerprint density at radius 1 is 1.17 bits per heavy atom. The van der Waals surface area contributed by atoms with Gasteiger partial charge < -0.3 is 20.7 Å². The summed E-state index contributed by atoms with van der Waals surface area (Å²) in [5, 5.41) is 2.86. The van der Waals surface area contributed by atoms with E-state index in [4.69, 9.17) is 10.5 Å². The highest BCUT2D eigenvalue weighted by atomic mass is 16.5. The van der Waals surface area contributed by atoms with Gasteiger partial charge in [-0.05, 0) is 44.5 Å². The van der Waals surface area contributed by atoms with Gasteiger partial charge in [0.2, 0.25) is 5.91 Å². The maximum atomic E-state index is 12.1. The number of carbonyl (C=O) groups is 2. The molecule has 0 aliphatic rings. The molecule has 3 N–H and O–H groups in total. The van der Waals surface area contributed by atoms with Gasteiger partial charge in [-0.1, -0.05) is 12.8 Å². The standard InChI is InChI=1S/C18H29N3O3/c1-4-24-16-11-10-14(18(23)21(2)3)13-15(16)20-17(22)9-7-5-6-8-12-19/h10-11,13H,4-9,12,19H2,1-3H3,(H,20,22). The molecule has 0 saturated carbocycles. The van der Waals surface area contributed by atoms with E-state index in [-0.39, 0.29) is 11.8 Å². The zero-order valence-electron chi connectivity index (χ0n) is 14.9. The molecular weight excluding hydrogens is 306 g/mol. The van der Waals surface area contributed by atoms with Crippen molar-refractivity contribution in [2.45, 2.75) is 39.0 Å². The summed E-state index contributed by atoms with van der Waals surface area (Å²) in [6.45, 7) is 3.06. The molecule has 0 saturated heterocycles. The van der Waals surface area contributed by atoms with Crippen LogP contribution in [0.4, 0.5) is 5.69 Å². The Hall–Kier alpha value is -2.08. The van der Waals surface area contributed by atoms with E-state index < -0.39 is 0 Å². The zero-order chi connectivity index (χ0) is 17.9. The maximum Gasteiger partial charge on any atom is 0.253 e. The summed E-state index contributed by atoms with van der Waals surface area (Å²) >= 11 is 0. The molecule has 2 amide bonds. The van der Waals surface area contributed by atoms with Crippen LogP contribution in [0.5, 0.6) is 5.75 Å². The Balaban J connectivity index is 2.73. The monoisotopic (exact) mass is 335 g/mol. The highest BCUT2D eigenvalue weighted by molar-refractivity contribution is 5.98. The molecule has 0 aliphatic heterocycles. The number of nitrogens with two attached hydrogens (primary N) is 1. The predicted octanol–water partition coefficient (Wildman–Crippen LogP) is 2.63. The summed E-state index contributed by atoms with van der Waals surface area (Å²) in [4.78, 5) is 25.7. The number of carbonyl (C=O) groups excluding carboxylic acids is 2. The third kappa shape index (κ3) is 6.58. The average Bonchev–Trinajstić information content (AvgIpc) is 2.55. The molecule has 0 fully saturated rings. The van der Waals surface area contributed by atoms with Crippen LogP contribution in [-0.4, -0.2) is 44.0 Å². The molecule has 0 aliphatic carbocycles. The highest BCUT2D eigenvalue weighted by Gasteiger charge is 2.14. The molecule has 1 rings (SSSR count). The first kappa shape index (κ1) is 20.0. The summed E-state index contributed by atoms with van der Waals surface area (Å²) in [6.07, 6.45) is 4.29. The molecule has 0 spiro atoms. The fourth-order valence-corrected chi connectivity index (χ4v) is 2.30. The van der Waals surface area contributed by atoms with Crippen molar-refractivity contribution in [3.63, 3.8) is 0 Å². The van der Waals surface area contributed by atoms with Gasteiger partial charge in [0.25, 0.3) is 5.91 Å². The molecule has 6 heteroatoms. The number of hydrogen-bond donors (Lipinski definition) is 2. The van der Waals surface area contributed by atoms with Gasteiger partial charge in [-0.3, -0.25) is 9.59 Å². The van der Waals surface area contributed by atoms with E-state index in [2.05, 4.69) is 5.32 Å². The van der Waals surface area contributed by atoms with Crippen LogP contribution < -0.4 is 15.8 Å². The van der Waals surface area contributed by atoms with E-state index in [0.29, 0.717) is 36.6 Å². The molecule has 134 valence electrons. The number of rotatable bonds is 10. The lowest BCUT2D eigenvalue weighted by atomic mass is 10.1. The molecule has 0 atom stereocenters. The van der Waals surface area contributed by atoms with E-state index in [1.807, 2.05) is 6.92 Å². The quantitative estimate of drug-likeness (QED) is 0.644. The summed E-state index contributed by atoms with van der Waals surface area (Å²) in [5.41, 5.74) is 6.51. The van der Waals surface area contributed by atoms with Crippen LogP contribution in [0.3, 0.4) is 0 Å². The Labute approximate surface area is 144 Å². The minimum absolute atomic E-state index is 0.0712. The second kappa shape index (κ2) is 10.6. The second-order valence-electron chi connectivity index (χ2n) is 5.84. The van der Waals surface area contributed by atoms with Crippen molar-refractivity contribution in [1.82, 2.24) is 4.90 Å². The smallest absolute Gasteiger partial charge is 0.253 e. The van der Waals surface area contributed by atoms with Crippen LogP contribution in [0.15, 0.2) is 18.2 Å². The topological polar surface area (TPSA) is 84.7 Å². The molecule has 0 aromatic heterocycles. The number of nitrogens with one attached hydrogen (secondary N) is 1. The van der Waals surface area contributed by atoms with Gasteiger partial charge in [0.15, 0.2) is 0 Å². The van der Waals surface area contributed by atoms with E-state index in [1.165, 1.54) is 4.90 Å². The molecule has 0 heterocycles. The molecule has 0 radical (unpaired) electrons. The van der Waals surface area contributed by atoms with Crippen LogP contribution in [0.25, 0.3) is 0 Å². The van der Waals surface area contributed by atoms with Crippen LogP contribution in [0, 0.1) is 0 Å². The number of ether oxygens (including phenoxy) is 1. The lowest BCUT2D eigenvalue weighted by Crippen LogP contribution is -2.22. The predicted molar refractivity (Wildman–Crippen MR) is 96.4 cm³/mol. The van der Waals surface area contributed by atoms with E-state index in [1.54, 1.807) is 32.3 Å². The van der Waals surface area contributed by atoms with Gasteiger partial charge in [-0.25, -0.2) is 0 Å². The fourth-order valence-electron chi connectivity index (χ4n) is 2.30. The third-order valence-electron chi connectivity index (χ3n) is 3.56. The largest absolute Gasteiger partial charge is 0.492 e. The Bertz CT molecular complexity index is 544. The number of nitrogens with zero attached hydrogens (tertiary/aromatic N) is 1. The van der Waals surface area contributed by atoms with Gasteiger partial charge >= 0.3 is 0 Å². The third-order valence-corrected chi connectivity index (χ3v) is 3.56. The fraction of sp³-hybridized carbons (Fsp3) is 0.556. The van der Waals surface area contributed by atoms with Crippen molar-refractivity contribution in [3.05, 3.63) is 23.8 Å². The first-order valence-electron chi connectivity index (χ1n) is 8.48. The summed E-state index contributed by atoms with van der Waals surface area (Å²) in [6, 6.07) is 5.09. The molecule has 6 nitrogen and oxygen atoms in total. The van der Waals surface area contributed by atoms with Gasteiger partial charge in [-0.15, -0.1) is 0 Å². The second-order valence-corrected chi connectivity index (χ2v) is 5.84. The number of unbranched alkanes of at least 4 members (excludes halogenated alkanes) is 3. The molecule has 24 heavy (non-hydrogen) atoms. The molecular formula is C18H29N3O3. The van der Waals surface area contributed by atoms with E-state index in [9.17, 15) is 9.59 Å². The van der Waals surface area contributed by atoms with E-state index in [0.717, 1.165) is 25.7 Å². The van der Waals surface area contributed by atoms with Gasteiger partial charge in [0, 0.05) is 26.1 Å². The minimum Gasteiger partial charge on any atom is -0.492 e. The number of amides is 2. The summed E-state index contributed by atoms with van der Waals surface area (Å²) in [5.74, 6) is 0.387. The lowest BCUT2D eigenvalue weighted by molar-refractivity contribution is -0.116. The Kier molecular flexibility index (Phi) is 8.86. The van der Waals surface area contributed by atoms with Gasteiger partial charge in [-0.2, -0.15) is 0 Å². The maximum absolute atomic E-state index is 12.1. The number of anilines is 1. The van der Waals surface area contributed by atoms with Crippen molar-refractivity contribution in [2.75, 3.05) is 32.6 Å². The average molecular weight is 335 g/mol. The van der Waals surface area contributed by atoms with Crippen LogP contribution in [-0.2, 0) is 4.79 Å². The van der Waals surface area contributed by atoms with Gasteiger partial charge in [0.1, 0.15) is 5.75 Å². The van der Waals surface area contributed by atoms with Gasteiger partial charge in [0.05, 0.1) is 12.3 Å². The lowest BCUT2D eigenvalue weighted by Gasteiger charge is -2.15. The van der Waals surface area contributed by atoms with Crippen molar-refractivity contribution < 1.29 is 14.3 Å². The van der Waals surface area contributed by atoms with Crippen LogP contribution in [0.2, 0.25) is 0 Å². The SMILES string of the molecule is CCOc1ccc(C(=O)N(C)C)cc1NC(=O)CCCCCCN. The molecule has 1 aromatic carbocycles. The van der Waals surface area contributed by atoms with Crippen molar-refractivity contribution in [2.24, 2.45) is 5.73 Å². The minimum atomic E-state index is -0.115. The van der Waals surface area contributed by atoms with Crippen molar-refractivity contribution >= 4 is 17.5 Å². The summed E-state index contributed by atoms with van der Waals surface area (Å²) in [7, 11) is 3.39. The van der Waals surface area contributed by atoms with Crippen LogP contribution >= 0.6 is 0 Å². The Morgan fingerprint density at radius 2 is 1.88 bits per heavy atom. The molecule has 0 bridgehead atoms. The molecule has 1 aromatic rings.